The lowest BCUT2D eigenvalue weighted by atomic mass is 10.2. The first-order chi connectivity index (χ1) is 14.1. The molecule has 0 aliphatic rings. The fraction of sp³-hybridized carbons (Fsp3) is 0.0500. The minimum atomic E-state index is -3.79. The van der Waals surface area contributed by atoms with Crippen LogP contribution in [0.1, 0.15) is 5.56 Å². The van der Waals surface area contributed by atoms with Crippen molar-refractivity contribution in [3.8, 4) is 0 Å². The second kappa shape index (κ2) is 9.41. The third-order valence-corrected chi connectivity index (χ3v) is 6.62. The number of anilines is 3. The second-order valence-corrected chi connectivity index (χ2v) is 9.64. The smallest absolute Gasteiger partial charge is 0.261 e. The standard InChI is InChI=1S/C20H16Cl3N3O2S2/c1-12-2-3-13(21)10-19(12)25-20(29)24-14-4-7-16(8-5-14)30(27,28)26-15-6-9-17(22)18(23)11-15/h2-11,26H,1H3,(H2,24,25,29). The van der Waals surface area contributed by atoms with Gasteiger partial charge in [0.1, 0.15) is 0 Å². The Morgan fingerprint density at radius 2 is 1.50 bits per heavy atom. The first-order valence-corrected chi connectivity index (χ1v) is 11.6. The quantitative estimate of drug-likeness (QED) is 0.346. The molecule has 0 spiro atoms. The van der Waals surface area contributed by atoms with Crippen LogP contribution in [0.3, 0.4) is 0 Å². The minimum absolute atomic E-state index is 0.0867. The molecule has 0 atom stereocenters. The van der Waals surface area contributed by atoms with Crippen LogP contribution < -0.4 is 15.4 Å². The molecular weight excluding hydrogens is 485 g/mol. The molecule has 0 amide bonds. The lowest BCUT2D eigenvalue weighted by Gasteiger charge is -2.13. The van der Waals surface area contributed by atoms with Gasteiger partial charge in [-0.15, -0.1) is 0 Å². The molecule has 0 saturated heterocycles. The van der Waals surface area contributed by atoms with Crippen molar-refractivity contribution in [1.29, 1.82) is 0 Å². The maximum absolute atomic E-state index is 12.6. The summed E-state index contributed by atoms with van der Waals surface area (Å²) in [6, 6.07) is 16.1. The molecule has 0 saturated carbocycles. The summed E-state index contributed by atoms with van der Waals surface area (Å²) in [6.45, 7) is 1.93. The van der Waals surface area contributed by atoms with E-state index < -0.39 is 10.0 Å². The number of sulfonamides is 1. The van der Waals surface area contributed by atoms with Gasteiger partial charge >= 0.3 is 0 Å². The second-order valence-electron chi connectivity index (χ2n) is 6.30. The van der Waals surface area contributed by atoms with Crippen LogP contribution in [0, 0.1) is 6.92 Å². The van der Waals surface area contributed by atoms with Crippen LogP contribution in [0.5, 0.6) is 0 Å². The van der Waals surface area contributed by atoms with Crippen LogP contribution in [0.2, 0.25) is 15.1 Å². The molecule has 0 unspecified atom stereocenters. The van der Waals surface area contributed by atoms with Gasteiger partial charge in [-0.05, 0) is 79.3 Å². The number of thiocarbonyl (C=S) groups is 1. The fourth-order valence-electron chi connectivity index (χ4n) is 2.50. The summed E-state index contributed by atoms with van der Waals surface area (Å²) < 4.78 is 27.6. The topological polar surface area (TPSA) is 70.2 Å². The Morgan fingerprint density at radius 1 is 0.833 bits per heavy atom. The van der Waals surface area contributed by atoms with E-state index in [1.807, 2.05) is 13.0 Å². The van der Waals surface area contributed by atoms with E-state index in [1.165, 1.54) is 30.3 Å². The molecule has 10 heteroatoms. The van der Waals surface area contributed by atoms with Gasteiger partial charge in [0.05, 0.1) is 20.6 Å². The SMILES string of the molecule is Cc1ccc(Cl)cc1NC(=S)Nc1ccc(S(=O)(=O)Nc2ccc(Cl)c(Cl)c2)cc1. The molecule has 5 nitrogen and oxygen atoms in total. The molecule has 3 N–H and O–H groups in total. The van der Waals surface area contributed by atoms with Crippen molar-refractivity contribution in [2.45, 2.75) is 11.8 Å². The fourth-order valence-corrected chi connectivity index (χ4v) is 4.25. The molecule has 3 rings (SSSR count). The zero-order valence-corrected chi connectivity index (χ0v) is 19.4. The predicted octanol–water partition coefficient (Wildman–Crippen LogP) is 6.56. The van der Waals surface area contributed by atoms with E-state index in [2.05, 4.69) is 15.4 Å². The van der Waals surface area contributed by atoms with Gasteiger partial charge in [0.25, 0.3) is 10.0 Å². The maximum Gasteiger partial charge on any atom is 0.261 e. The molecule has 0 heterocycles. The highest BCUT2D eigenvalue weighted by Crippen LogP contribution is 2.27. The van der Waals surface area contributed by atoms with Gasteiger partial charge in [0, 0.05) is 16.4 Å². The Hall–Kier alpha value is -2.03. The Balaban J connectivity index is 1.68. The number of halogens is 3. The summed E-state index contributed by atoms with van der Waals surface area (Å²) in [5.74, 6) is 0. The predicted molar refractivity (Wildman–Crippen MR) is 130 cm³/mol. The van der Waals surface area contributed by atoms with Gasteiger partial charge in [-0.25, -0.2) is 8.42 Å². The van der Waals surface area contributed by atoms with Crippen molar-refractivity contribution in [2.75, 3.05) is 15.4 Å². The number of nitrogens with one attached hydrogen (secondary N) is 3. The largest absolute Gasteiger partial charge is 0.332 e. The molecule has 30 heavy (non-hydrogen) atoms. The molecule has 3 aromatic carbocycles. The molecule has 0 bridgehead atoms. The van der Waals surface area contributed by atoms with Crippen LogP contribution in [0.15, 0.2) is 65.6 Å². The van der Waals surface area contributed by atoms with Crippen molar-refractivity contribution in [1.82, 2.24) is 0 Å². The molecule has 0 aliphatic heterocycles. The Bertz CT molecular complexity index is 1200. The third kappa shape index (κ3) is 5.77. The summed E-state index contributed by atoms with van der Waals surface area (Å²) in [7, 11) is -3.79. The number of hydrogen-bond donors (Lipinski definition) is 3. The van der Waals surface area contributed by atoms with Crippen LogP contribution in [0.25, 0.3) is 0 Å². The van der Waals surface area contributed by atoms with Gasteiger partial charge in [0.2, 0.25) is 0 Å². The molecule has 0 radical (unpaired) electrons. The van der Waals surface area contributed by atoms with Gasteiger partial charge in [-0.3, -0.25) is 4.72 Å². The van der Waals surface area contributed by atoms with Crippen LogP contribution >= 0.6 is 47.0 Å². The molecule has 0 aliphatic carbocycles. The summed E-state index contributed by atoms with van der Waals surface area (Å²) in [6.07, 6.45) is 0. The molecule has 0 aromatic heterocycles. The molecule has 0 fully saturated rings. The summed E-state index contributed by atoms with van der Waals surface area (Å²) in [5.41, 5.74) is 2.71. The number of benzene rings is 3. The average Bonchev–Trinajstić information content (AvgIpc) is 2.68. The van der Waals surface area contributed by atoms with Gasteiger partial charge in [0.15, 0.2) is 5.11 Å². The zero-order valence-electron chi connectivity index (χ0n) is 15.5. The van der Waals surface area contributed by atoms with Crippen LogP contribution in [-0.2, 0) is 10.0 Å². The lowest BCUT2D eigenvalue weighted by Crippen LogP contribution is -2.19. The number of hydrogen-bond acceptors (Lipinski definition) is 3. The van der Waals surface area contributed by atoms with E-state index in [0.717, 1.165) is 11.3 Å². The Morgan fingerprint density at radius 3 is 2.17 bits per heavy atom. The zero-order chi connectivity index (χ0) is 21.9. The number of rotatable bonds is 5. The van der Waals surface area contributed by atoms with E-state index in [4.69, 9.17) is 47.0 Å². The highest BCUT2D eigenvalue weighted by atomic mass is 35.5. The van der Waals surface area contributed by atoms with Gasteiger partial charge in [-0.2, -0.15) is 0 Å². The van der Waals surface area contributed by atoms with E-state index >= 15 is 0 Å². The van der Waals surface area contributed by atoms with Crippen molar-refractivity contribution in [3.63, 3.8) is 0 Å². The van der Waals surface area contributed by atoms with Crippen LogP contribution in [0.4, 0.5) is 17.1 Å². The minimum Gasteiger partial charge on any atom is -0.332 e. The molecule has 156 valence electrons. The van der Waals surface area contributed by atoms with Crippen molar-refractivity contribution >= 4 is 79.2 Å². The van der Waals surface area contributed by atoms with Crippen molar-refractivity contribution in [2.24, 2.45) is 0 Å². The first kappa shape index (κ1) is 22.7. The van der Waals surface area contributed by atoms with E-state index in [0.29, 0.717) is 26.5 Å². The van der Waals surface area contributed by atoms with E-state index in [9.17, 15) is 8.42 Å². The van der Waals surface area contributed by atoms with Gasteiger partial charge < -0.3 is 10.6 Å². The Labute approximate surface area is 195 Å². The Kier molecular flexibility index (Phi) is 7.10. The summed E-state index contributed by atoms with van der Waals surface area (Å²) >= 11 is 23.1. The van der Waals surface area contributed by atoms with E-state index in [1.54, 1.807) is 24.3 Å². The summed E-state index contributed by atoms with van der Waals surface area (Å²) in [4.78, 5) is 0.0867. The molecule has 3 aromatic rings. The average molecular weight is 501 g/mol. The van der Waals surface area contributed by atoms with Crippen molar-refractivity contribution < 1.29 is 8.42 Å². The van der Waals surface area contributed by atoms with Gasteiger partial charge in [-0.1, -0.05) is 40.9 Å². The van der Waals surface area contributed by atoms with E-state index in [-0.39, 0.29) is 9.92 Å². The first-order valence-electron chi connectivity index (χ1n) is 8.56. The third-order valence-electron chi connectivity index (χ3n) is 4.04. The summed E-state index contributed by atoms with van der Waals surface area (Å²) in [5, 5.41) is 7.62. The van der Waals surface area contributed by atoms with Crippen LogP contribution in [-0.4, -0.2) is 13.5 Å². The molecular formula is C20H16Cl3N3O2S2. The maximum atomic E-state index is 12.6. The number of aryl methyl sites for hydroxylation is 1. The normalized spacial score (nSPS) is 11.1. The highest BCUT2D eigenvalue weighted by Gasteiger charge is 2.15. The monoisotopic (exact) mass is 499 g/mol. The van der Waals surface area contributed by atoms with Crippen molar-refractivity contribution in [3.05, 3.63) is 81.3 Å². The highest BCUT2D eigenvalue weighted by molar-refractivity contribution is 7.92. The lowest BCUT2D eigenvalue weighted by molar-refractivity contribution is 0.601.